The van der Waals surface area contributed by atoms with Crippen LogP contribution in [0.1, 0.15) is 82.5 Å². The first kappa shape index (κ1) is 24.8. The molecule has 0 N–H and O–H groups in total. The molecule has 2 aliphatic heterocycles. The number of hydrogen-bond donors (Lipinski definition) is 0. The number of amides is 2. The molecule has 8 nitrogen and oxygen atoms in total. The fourth-order valence-electron chi connectivity index (χ4n) is 5.41. The Morgan fingerprint density at radius 1 is 0.941 bits per heavy atom. The second-order valence-electron chi connectivity index (χ2n) is 11.1. The van der Waals surface area contributed by atoms with Crippen LogP contribution in [0, 0.1) is 0 Å². The number of aromatic nitrogens is 1. The lowest BCUT2D eigenvalue weighted by Crippen LogP contribution is -2.50. The highest BCUT2D eigenvalue weighted by atomic mass is 16.6. The number of fused-ring (bicyclic) bond motifs is 2. The molecule has 2 amide bonds. The van der Waals surface area contributed by atoms with Crippen molar-refractivity contribution < 1.29 is 23.8 Å². The van der Waals surface area contributed by atoms with Gasteiger partial charge in [0.05, 0.1) is 17.8 Å². The van der Waals surface area contributed by atoms with Gasteiger partial charge in [-0.25, -0.2) is 9.78 Å². The van der Waals surface area contributed by atoms with Gasteiger partial charge in [0.25, 0.3) is 5.91 Å². The van der Waals surface area contributed by atoms with Crippen LogP contribution in [0.25, 0.3) is 0 Å². The third-order valence-corrected chi connectivity index (χ3v) is 6.98. The van der Waals surface area contributed by atoms with Crippen LogP contribution < -0.4 is 4.74 Å². The third kappa shape index (κ3) is 6.01. The Morgan fingerprint density at radius 2 is 1.56 bits per heavy atom. The van der Waals surface area contributed by atoms with Crippen molar-refractivity contribution in [3.8, 4) is 5.88 Å². The van der Waals surface area contributed by atoms with Crippen molar-refractivity contribution in [3.05, 3.63) is 23.9 Å². The maximum atomic E-state index is 12.7. The Bertz CT molecular complexity index is 844. The van der Waals surface area contributed by atoms with E-state index in [1.165, 1.54) is 4.90 Å². The average Bonchev–Trinajstić information content (AvgIpc) is 3.05. The summed E-state index contributed by atoms with van der Waals surface area (Å²) in [6, 6.07) is 3.99. The van der Waals surface area contributed by atoms with Gasteiger partial charge in [0.15, 0.2) is 0 Å². The smallest absolute Gasteiger partial charge is 0.410 e. The standard InChI is InChI=1S/C26H39N3O5/c1-26(2,3)34-25(31)29-18-7-8-19(29)15-22(14-18)32-20-9-11-21(12-10-20)33-23-13-6-17(16-27-23)24(30)28(4)5/h6,13,16,18-22H,7-12,14-15H2,1-5H3. The Balaban J connectivity index is 1.22. The predicted octanol–water partition coefficient (Wildman–Crippen LogP) is 4.42. The number of hydrogen-bond acceptors (Lipinski definition) is 6. The summed E-state index contributed by atoms with van der Waals surface area (Å²) in [4.78, 5) is 32.5. The van der Waals surface area contributed by atoms with Crippen LogP contribution in [0.4, 0.5) is 4.79 Å². The summed E-state index contributed by atoms with van der Waals surface area (Å²) in [6.45, 7) is 5.75. The van der Waals surface area contributed by atoms with Gasteiger partial charge in [0.2, 0.25) is 5.88 Å². The SMILES string of the molecule is CN(C)C(=O)c1ccc(OC2CCC(OC3CC4CCC(C3)N4C(=O)OC(C)(C)C)CC2)nc1. The van der Waals surface area contributed by atoms with Crippen LogP contribution in [-0.2, 0) is 9.47 Å². The van der Waals surface area contributed by atoms with E-state index in [0.29, 0.717) is 11.4 Å². The van der Waals surface area contributed by atoms with E-state index in [1.54, 1.807) is 32.4 Å². The highest BCUT2D eigenvalue weighted by molar-refractivity contribution is 5.93. The second-order valence-corrected chi connectivity index (χ2v) is 11.1. The number of pyridine rings is 1. The topological polar surface area (TPSA) is 81.2 Å². The zero-order valence-corrected chi connectivity index (χ0v) is 21.2. The molecule has 2 atom stereocenters. The van der Waals surface area contributed by atoms with Gasteiger partial charge in [-0.05, 0) is 78.2 Å². The van der Waals surface area contributed by atoms with E-state index in [4.69, 9.17) is 14.2 Å². The van der Waals surface area contributed by atoms with E-state index in [0.717, 1.165) is 51.4 Å². The summed E-state index contributed by atoms with van der Waals surface area (Å²) in [5.74, 6) is 0.493. The molecule has 4 rings (SSSR count). The molecular weight excluding hydrogens is 434 g/mol. The molecule has 188 valence electrons. The van der Waals surface area contributed by atoms with E-state index < -0.39 is 5.60 Å². The highest BCUT2D eigenvalue weighted by Crippen LogP contribution is 2.39. The zero-order chi connectivity index (χ0) is 24.5. The first-order valence-electron chi connectivity index (χ1n) is 12.6. The number of carbonyl (C=O) groups is 2. The number of carbonyl (C=O) groups excluding carboxylic acids is 2. The van der Waals surface area contributed by atoms with Gasteiger partial charge in [-0.2, -0.15) is 0 Å². The van der Waals surface area contributed by atoms with E-state index >= 15 is 0 Å². The minimum absolute atomic E-state index is 0.0675. The van der Waals surface area contributed by atoms with Gasteiger partial charge in [0.1, 0.15) is 11.7 Å². The molecule has 3 heterocycles. The normalized spacial score (nSPS) is 29.0. The summed E-state index contributed by atoms with van der Waals surface area (Å²) >= 11 is 0. The lowest BCUT2D eigenvalue weighted by atomic mass is 9.93. The molecule has 1 aromatic rings. The number of rotatable bonds is 5. The molecule has 2 bridgehead atoms. The molecule has 0 radical (unpaired) electrons. The summed E-state index contributed by atoms with van der Waals surface area (Å²) in [6.07, 6.45) is 9.61. The first-order valence-corrected chi connectivity index (χ1v) is 12.6. The van der Waals surface area contributed by atoms with Gasteiger partial charge < -0.3 is 24.0 Å². The first-order chi connectivity index (χ1) is 16.1. The third-order valence-electron chi connectivity index (χ3n) is 6.98. The van der Waals surface area contributed by atoms with Crippen LogP contribution in [0.5, 0.6) is 5.88 Å². The second kappa shape index (κ2) is 10.1. The highest BCUT2D eigenvalue weighted by Gasteiger charge is 2.45. The molecule has 3 aliphatic rings. The quantitative estimate of drug-likeness (QED) is 0.630. The Kier molecular flexibility index (Phi) is 7.36. The van der Waals surface area contributed by atoms with Crippen LogP contribution >= 0.6 is 0 Å². The summed E-state index contributed by atoms with van der Waals surface area (Å²) in [5.41, 5.74) is 0.0901. The van der Waals surface area contributed by atoms with Crippen molar-refractivity contribution in [3.63, 3.8) is 0 Å². The fraction of sp³-hybridized carbons (Fsp3) is 0.731. The summed E-state index contributed by atoms with van der Waals surface area (Å²) in [7, 11) is 3.45. The zero-order valence-electron chi connectivity index (χ0n) is 21.2. The fourth-order valence-corrected chi connectivity index (χ4v) is 5.41. The molecule has 2 unspecified atom stereocenters. The molecule has 1 aromatic heterocycles. The van der Waals surface area contributed by atoms with Gasteiger partial charge in [-0.15, -0.1) is 0 Å². The minimum atomic E-state index is -0.466. The van der Waals surface area contributed by atoms with E-state index in [9.17, 15) is 9.59 Å². The van der Waals surface area contributed by atoms with E-state index in [-0.39, 0.29) is 42.4 Å². The number of piperidine rings is 1. The average molecular weight is 474 g/mol. The van der Waals surface area contributed by atoms with E-state index in [1.807, 2.05) is 25.7 Å². The van der Waals surface area contributed by atoms with Crippen LogP contribution in [-0.4, -0.2) is 76.9 Å². The lowest BCUT2D eigenvalue weighted by molar-refractivity contribution is -0.0814. The van der Waals surface area contributed by atoms with Gasteiger partial charge in [-0.1, -0.05) is 0 Å². The molecule has 1 saturated carbocycles. The molecule has 34 heavy (non-hydrogen) atoms. The van der Waals surface area contributed by atoms with Gasteiger partial charge in [0, 0.05) is 38.4 Å². The van der Waals surface area contributed by atoms with Crippen molar-refractivity contribution >= 4 is 12.0 Å². The molecular formula is C26H39N3O5. The molecule has 0 spiro atoms. The Morgan fingerprint density at radius 3 is 2.09 bits per heavy atom. The molecule has 0 aromatic carbocycles. The van der Waals surface area contributed by atoms with Crippen LogP contribution in [0.3, 0.4) is 0 Å². The molecule has 1 aliphatic carbocycles. The van der Waals surface area contributed by atoms with Gasteiger partial charge >= 0.3 is 6.09 Å². The predicted molar refractivity (Wildman–Crippen MR) is 128 cm³/mol. The van der Waals surface area contributed by atoms with E-state index in [2.05, 4.69) is 4.98 Å². The van der Waals surface area contributed by atoms with Crippen molar-refractivity contribution in [2.45, 2.75) is 108 Å². The van der Waals surface area contributed by atoms with Crippen molar-refractivity contribution in [1.29, 1.82) is 0 Å². The summed E-state index contributed by atoms with van der Waals surface area (Å²) < 4.78 is 18.2. The number of ether oxygens (including phenoxy) is 3. The molecule has 3 fully saturated rings. The monoisotopic (exact) mass is 473 g/mol. The number of nitrogens with zero attached hydrogens (tertiary/aromatic N) is 3. The maximum Gasteiger partial charge on any atom is 0.410 e. The molecule has 8 heteroatoms. The largest absolute Gasteiger partial charge is 0.474 e. The Labute approximate surface area is 202 Å². The minimum Gasteiger partial charge on any atom is -0.474 e. The maximum absolute atomic E-state index is 12.7. The molecule has 2 saturated heterocycles. The lowest BCUT2D eigenvalue weighted by Gasteiger charge is -2.41. The van der Waals surface area contributed by atoms with Crippen molar-refractivity contribution in [2.75, 3.05) is 14.1 Å². The van der Waals surface area contributed by atoms with Gasteiger partial charge in [-0.3, -0.25) is 4.79 Å². The van der Waals surface area contributed by atoms with Crippen LogP contribution in [0.2, 0.25) is 0 Å². The van der Waals surface area contributed by atoms with Crippen molar-refractivity contribution in [2.24, 2.45) is 0 Å². The van der Waals surface area contributed by atoms with Crippen LogP contribution in [0.15, 0.2) is 18.3 Å². The summed E-state index contributed by atoms with van der Waals surface area (Å²) in [5, 5.41) is 0. The Hall–Kier alpha value is -2.35. The van der Waals surface area contributed by atoms with Crippen molar-refractivity contribution in [1.82, 2.24) is 14.8 Å².